The quantitative estimate of drug-likeness (QED) is 0.417. The molecule has 0 spiro atoms. The van der Waals surface area contributed by atoms with Crippen LogP contribution < -0.4 is 15.4 Å². The zero-order valence-electron chi connectivity index (χ0n) is 16.0. The first kappa shape index (κ1) is 20.8. The number of benzene rings is 2. The molecule has 31 heavy (non-hydrogen) atoms. The lowest BCUT2D eigenvalue weighted by Gasteiger charge is -2.07. The van der Waals surface area contributed by atoms with Crippen LogP contribution in [0.4, 0.5) is 28.6 Å². The second-order valence-corrected chi connectivity index (χ2v) is 7.41. The number of aryl methyl sites for hydroxylation is 1. The minimum atomic E-state index is -4.79. The van der Waals surface area contributed by atoms with Crippen molar-refractivity contribution in [3.05, 3.63) is 42.0 Å². The summed E-state index contributed by atoms with van der Waals surface area (Å²) >= 11 is 1.10. The van der Waals surface area contributed by atoms with Crippen molar-refractivity contribution in [1.82, 2.24) is 19.9 Å². The lowest BCUT2D eigenvalue weighted by molar-refractivity contribution is -0.274. The number of nitrogens with one attached hydrogen (secondary N) is 2. The molecule has 0 aliphatic heterocycles. The molecule has 0 fully saturated rings. The highest BCUT2D eigenvalue weighted by molar-refractivity contribution is 7.22. The molecule has 4 aromatic rings. The maximum absolute atomic E-state index is 13.2. The molecule has 0 saturated heterocycles. The number of anilines is 2. The van der Waals surface area contributed by atoms with Gasteiger partial charge in [0.15, 0.2) is 5.13 Å². The Labute approximate surface area is 176 Å². The summed E-state index contributed by atoms with van der Waals surface area (Å²) in [4.78, 5) is 20.6. The number of amides is 1. The van der Waals surface area contributed by atoms with Crippen LogP contribution in [-0.2, 0) is 6.54 Å². The number of rotatable bonds is 6. The van der Waals surface area contributed by atoms with E-state index in [1.165, 1.54) is 25.2 Å². The van der Waals surface area contributed by atoms with Crippen LogP contribution in [0.2, 0.25) is 0 Å². The number of carbonyl (C=O) groups excluding carboxylic acids is 1. The van der Waals surface area contributed by atoms with Gasteiger partial charge in [-0.2, -0.15) is 0 Å². The third-order valence-electron chi connectivity index (χ3n) is 4.36. The van der Waals surface area contributed by atoms with Crippen LogP contribution in [0.1, 0.15) is 10.4 Å². The highest BCUT2D eigenvalue weighted by Gasteiger charge is 2.31. The number of carbonyl (C=O) groups is 1. The molecule has 2 N–H and O–H groups in total. The smallest absolute Gasteiger partial charge is 0.406 e. The average Bonchev–Trinajstić information content (AvgIpc) is 3.26. The molecule has 2 heterocycles. The van der Waals surface area contributed by atoms with Crippen molar-refractivity contribution in [3.63, 3.8) is 0 Å². The van der Waals surface area contributed by atoms with Gasteiger partial charge in [-0.15, -0.1) is 13.2 Å². The number of alkyl halides is 4. The molecule has 12 heteroatoms. The van der Waals surface area contributed by atoms with Crippen molar-refractivity contribution >= 4 is 49.6 Å². The molecule has 1 amide bonds. The van der Waals surface area contributed by atoms with Gasteiger partial charge in [0.2, 0.25) is 5.95 Å². The number of fused-ring (bicyclic) bond motifs is 2. The molecule has 0 atom stereocenters. The third kappa shape index (κ3) is 4.38. The number of ether oxygens (including phenoxy) is 1. The Morgan fingerprint density at radius 1 is 1.16 bits per heavy atom. The van der Waals surface area contributed by atoms with Crippen LogP contribution in [0.15, 0.2) is 36.4 Å². The summed E-state index contributed by atoms with van der Waals surface area (Å²) in [6.07, 6.45) is -4.79. The van der Waals surface area contributed by atoms with Crippen LogP contribution >= 0.6 is 11.3 Å². The van der Waals surface area contributed by atoms with Crippen molar-refractivity contribution in [3.8, 4) is 5.75 Å². The molecule has 2 aromatic heterocycles. The SMILES string of the molecule is CNC(=O)c1ccc2c(c1)nc(Nc1nc3ccc(OC(F)(F)F)cc3s1)n2CCF. The van der Waals surface area contributed by atoms with Crippen LogP contribution in [0, 0.1) is 0 Å². The number of hydrogen-bond acceptors (Lipinski definition) is 6. The first-order valence-corrected chi connectivity index (χ1v) is 9.81. The molecule has 4 rings (SSSR count). The highest BCUT2D eigenvalue weighted by Crippen LogP contribution is 2.33. The highest BCUT2D eigenvalue weighted by atomic mass is 32.1. The molecular formula is C19H15F4N5O2S. The third-order valence-corrected chi connectivity index (χ3v) is 5.29. The van der Waals surface area contributed by atoms with Gasteiger partial charge in [-0.3, -0.25) is 4.79 Å². The van der Waals surface area contributed by atoms with Crippen molar-refractivity contribution in [2.75, 3.05) is 19.0 Å². The number of thiazole rings is 1. The Morgan fingerprint density at radius 3 is 2.68 bits per heavy atom. The van der Waals surface area contributed by atoms with E-state index in [0.717, 1.165) is 11.3 Å². The minimum Gasteiger partial charge on any atom is -0.406 e. The Bertz CT molecular complexity index is 1270. The summed E-state index contributed by atoms with van der Waals surface area (Å²) in [7, 11) is 1.51. The number of aromatic nitrogens is 3. The standard InChI is InChI=1S/C19H15F4N5O2S/c1-24-16(29)10-2-5-14-13(8-10)25-17(28(14)7-6-20)27-18-26-12-4-3-11(9-15(12)31-18)30-19(21,22)23/h2-5,8-9H,6-7H2,1H3,(H,24,29)(H,25,26,27). The van der Waals surface area contributed by atoms with Crippen LogP contribution in [0.5, 0.6) is 5.75 Å². The van der Waals surface area contributed by atoms with E-state index in [0.29, 0.717) is 37.9 Å². The summed E-state index contributed by atoms with van der Waals surface area (Å²) in [6.45, 7) is -0.623. The Kier molecular flexibility index (Phi) is 5.39. The van der Waals surface area contributed by atoms with E-state index in [2.05, 4.69) is 25.3 Å². The average molecular weight is 453 g/mol. The van der Waals surface area contributed by atoms with Gasteiger partial charge in [-0.05, 0) is 30.3 Å². The Hall–Kier alpha value is -3.41. The lowest BCUT2D eigenvalue weighted by atomic mass is 10.2. The summed E-state index contributed by atoms with van der Waals surface area (Å²) < 4.78 is 56.5. The second kappa shape index (κ2) is 8.02. The van der Waals surface area contributed by atoms with Crippen molar-refractivity contribution < 1.29 is 27.1 Å². The Balaban J connectivity index is 1.68. The summed E-state index contributed by atoms with van der Waals surface area (Å²) in [5, 5.41) is 5.89. The van der Waals surface area contributed by atoms with Gasteiger partial charge in [0, 0.05) is 18.7 Å². The Morgan fingerprint density at radius 2 is 1.97 bits per heavy atom. The number of hydrogen-bond donors (Lipinski definition) is 2. The van der Waals surface area contributed by atoms with Crippen LogP contribution in [-0.4, -0.2) is 40.5 Å². The molecular weight excluding hydrogens is 438 g/mol. The van der Waals surface area contributed by atoms with Gasteiger partial charge in [0.05, 0.1) is 27.8 Å². The van der Waals surface area contributed by atoms with E-state index in [4.69, 9.17) is 0 Å². The predicted molar refractivity (Wildman–Crippen MR) is 109 cm³/mol. The van der Waals surface area contributed by atoms with E-state index in [1.807, 2.05) is 0 Å². The zero-order valence-corrected chi connectivity index (χ0v) is 16.8. The predicted octanol–water partition coefficient (Wildman–Crippen LogP) is 4.62. The first-order valence-electron chi connectivity index (χ1n) is 8.99. The number of imidazole rings is 1. The molecule has 0 saturated carbocycles. The minimum absolute atomic E-state index is 0.0205. The molecule has 162 valence electrons. The maximum Gasteiger partial charge on any atom is 0.573 e. The summed E-state index contributed by atoms with van der Waals surface area (Å²) in [5.74, 6) is -0.325. The normalized spacial score (nSPS) is 11.8. The van der Waals surface area contributed by atoms with Gasteiger partial charge in [0.1, 0.15) is 12.4 Å². The molecule has 0 aliphatic carbocycles. The maximum atomic E-state index is 13.2. The molecule has 0 radical (unpaired) electrons. The number of nitrogens with zero attached hydrogens (tertiary/aromatic N) is 3. The van der Waals surface area contributed by atoms with E-state index < -0.39 is 13.0 Å². The van der Waals surface area contributed by atoms with Crippen LogP contribution in [0.25, 0.3) is 21.3 Å². The topological polar surface area (TPSA) is 81.1 Å². The van der Waals surface area contributed by atoms with E-state index >= 15 is 0 Å². The second-order valence-electron chi connectivity index (χ2n) is 6.38. The lowest BCUT2D eigenvalue weighted by Crippen LogP contribution is -2.17. The van der Waals surface area contributed by atoms with E-state index in [-0.39, 0.29) is 18.2 Å². The molecule has 2 aromatic carbocycles. The summed E-state index contributed by atoms with van der Waals surface area (Å²) in [6, 6.07) is 8.71. The molecule has 0 bridgehead atoms. The van der Waals surface area contributed by atoms with Crippen LogP contribution in [0.3, 0.4) is 0 Å². The van der Waals surface area contributed by atoms with Gasteiger partial charge in [-0.1, -0.05) is 11.3 Å². The fourth-order valence-electron chi connectivity index (χ4n) is 3.07. The zero-order chi connectivity index (χ0) is 22.2. The first-order chi connectivity index (χ1) is 14.8. The van der Waals surface area contributed by atoms with Crippen molar-refractivity contribution in [2.45, 2.75) is 12.9 Å². The fraction of sp³-hybridized carbons (Fsp3) is 0.211. The summed E-state index contributed by atoms with van der Waals surface area (Å²) in [5.41, 5.74) is 1.98. The van der Waals surface area contributed by atoms with Gasteiger partial charge in [-0.25, -0.2) is 14.4 Å². The van der Waals surface area contributed by atoms with Gasteiger partial charge < -0.3 is 19.9 Å². The monoisotopic (exact) mass is 453 g/mol. The number of halogens is 4. The van der Waals surface area contributed by atoms with Gasteiger partial charge >= 0.3 is 6.36 Å². The molecule has 7 nitrogen and oxygen atoms in total. The fourth-order valence-corrected chi connectivity index (χ4v) is 3.96. The molecule has 0 aliphatic rings. The largest absolute Gasteiger partial charge is 0.573 e. The van der Waals surface area contributed by atoms with E-state index in [1.54, 1.807) is 22.8 Å². The van der Waals surface area contributed by atoms with Gasteiger partial charge in [0.25, 0.3) is 5.91 Å². The molecule has 0 unspecified atom stereocenters. The van der Waals surface area contributed by atoms with Crippen molar-refractivity contribution in [2.24, 2.45) is 0 Å². The van der Waals surface area contributed by atoms with E-state index in [9.17, 15) is 22.4 Å². The van der Waals surface area contributed by atoms with Crippen molar-refractivity contribution in [1.29, 1.82) is 0 Å².